The molecule has 8 heteroatoms. The fourth-order valence-electron chi connectivity index (χ4n) is 2.49. The SMILES string of the molecule is COc1cc(/C=N/NC(=O)c2cccc(Cl)c2)ccc1OC(=O)c1ccccc1Cl. The molecule has 0 spiro atoms. The van der Waals surface area contributed by atoms with E-state index in [-0.39, 0.29) is 11.3 Å². The monoisotopic (exact) mass is 442 g/mol. The van der Waals surface area contributed by atoms with Crippen LogP contribution in [0.2, 0.25) is 10.0 Å². The van der Waals surface area contributed by atoms with E-state index in [1.165, 1.54) is 19.4 Å². The van der Waals surface area contributed by atoms with Gasteiger partial charge in [0.25, 0.3) is 5.91 Å². The Morgan fingerprint density at radius 2 is 1.77 bits per heavy atom. The standard InChI is InChI=1S/C22H16Cl2N2O4/c1-29-20-11-14(13-25-26-21(27)15-5-4-6-16(23)12-15)9-10-19(20)30-22(28)17-7-2-3-8-18(17)24/h2-13H,1H3,(H,26,27)/b25-13+. The summed E-state index contributed by atoms with van der Waals surface area (Å²) in [5.41, 5.74) is 3.67. The summed E-state index contributed by atoms with van der Waals surface area (Å²) in [5, 5.41) is 4.67. The minimum absolute atomic E-state index is 0.225. The minimum Gasteiger partial charge on any atom is -0.493 e. The van der Waals surface area contributed by atoms with Gasteiger partial charge in [-0.1, -0.05) is 41.4 Å². The number of hydrazone groups is 1. The second kappa shape index (κ2) is 9.91. The van der Waals surface area contributed by atoms with Crippen molar-refractivity contribution in [1.29, 1.82) is 0 Å². The second-order valence-electron chi connectivity index (χ2n) is 5.99. The van der Waals surface area contributed by atoms with Crippen molar-refractivity contribution in [2.45, 2.75) is 0 Å². The highest BCUT2D eigenvalue weighted by molar-refractivity contribution is 6.33. The second-order valence-corrected chi connectivity index (χ2v) is 6.83. The molecule has 0 aliphatic carbocycles. The molecule has 0 bridgehead atoms. The van der Waals surface area contributed by atoms with Crippen LogP contribution in [0.25, 0.3) is 0 Å². The highest BCUT2D eigenvalue weighted by Crippen LogP contribution is 2.29. The number of amides is 1. The van der Waals surface area contributed by atoms with Crippen molar-refractivity contribution >= 4 is 41.3 Å². The van der Waals surface area contributed by atoms with Gasteiger partial charge in [-0.3, -0.25) is 4.79 Å². The first-order valence-corrected chi connectivity index (χ1v) is 9.47. The summed E-state index contributed by atoms with van der Waals surface area (Å²) in [7, 11) is 1.45. The number of methoxy groups -OCH3 is 1. The Labute approximate surface area is 183 Å². The number of benzene rings is 3. The Bertz CT molecular complexity index is 1120. The van der Waals surface area contributed by atoms with Crippen LogP contribution in [0.4, 0.5) is 0 Å². The normalized spacial score (nSPS) is 10.6. The van der Waals surface area contributed by atoms with Crippen LogP contribution >= 0.6 is 23.2 Å². The average molecular weight is 443 g/mol. The van der Waals surface area contributed by atoms with Gasteiger partial charge in [0.1, 0.15) is 0 Å². The number of esters is 1. The molecule has 152 valence electrons. The van der Waals surface area contributed by atoms with Crippen molar-refractivity contribution in [2.75, 3.05) is 7.11 Å². The number of nitrogens with zero attached hydrogens (tertiary/aromatic N) is 1. The van der Waals surface area contributed by atoms with Crippen molar-refractivity contribution < 1.29 is 19.1 Å². The lowest BCUT2D eigenvalue weighted by molar-refractivity contribution is 0.0729. The molecule has 0 aliphatic heterocycles. The van der Waals surface area contributed by atoms with E-state index in [0.29, 0.717) is 26.9 Å². The molecule has 1 N–H and O–H groups in total. The van der Waals surface area contributed by atoms with E-state index >= 15 is 0 Å². The minimum atomic E-state index is -0.603. The molecule has 0 unspecified atom stereocenters. The number of halogens is 2. The fraction of sp³-hybridized carbons (Fsp3) is 0.0455. The molecule has 1 amide bonds. The summed E-state index contributed by atoms with van der Waals surface area (Å²) >= 11 is 11.9. The molecule has 3 aromatic rings. The maximum atomic E-state index is 12.3. The Balaban J connectivity index is 1.69. The molecule has 0 atom stereocenters. The van der Waals surface area contributed by atoms with Crippen LogP contribution in [0.15, 0.2) is 71.8 Å². The third kappa shape index (κ3) is 5.37. The fourth-order valence-corrected chi connectivity index (χ4v) is 2.89. The lowest BCUT2D eigenvalue weighted by Crippen LogP contribution is -2.17. The predicted octanol–water partition coefficient (Wildman–Crippen LogP) is 4.99. The molecule has 0 radical (unpaired) electrons. The first kappa shape index (κ1) is 21.4. The highest BCUT2D eigenvalue weighted by atomic mass is 35.5. The van der Waals surface area contributed by atoms with Crippen molar-refractivity contribution in [3.8, 4) is 11.5 Å². The van der Waals surface area contributed by atoms with Gasteiger partial charge in [-0.15, -0.1) is 0 Å². The van der Waals surface area contributed by atoms with E-state index in [1.54, 1.807) is 60.7 Å². The Morgan fingerprint density at radius 1 is 0.967 bits per heavy atom. The number of hydrogen-bond acceptors (Lipinski definition) is 5. The van der Waals surface area contributed by atoms with Crippen LogP contribution in [0, 0.1) is 0 Å². The Kier molecular flexibility index (Phi) is 7.06. The van der Waals surface area contributed by atoms with Crippen LogP contribution in [0.1, 0.15) is 26.3 Å². The number of ether oxygens (including phenoxy) is 2. The molecule has 3 aromatic carbocycles. The molecule has 0 fully saturated rings. The van der Waals surface area contributed by atoms with Gasteiger partial charge in [0, 0.05) is 10.6 Å². The summed E-state index contributed by atoms with van der Waals surface area (Å²) in [6.07, 6.45) is 1.44. The van der Waals surface area contributed by atoms with Gasteiger partial charge in [0.2, 0.25) is 0 Å². The van der Waals surface area contributed by atoms with Crippen molar-refractivity contribution in [2.24, 2.45) is 5.10 Å². The van der Waals surface area contributed by atoms with Gasteiger partial charge >= 0.3 is 5.97 Å². The zero-order chi connectivity index (χ0) is 21.5. The number of carbonyl (C=O) groups is 2. The number of nitrogens with one attached hydrogen (secondary N) is 1. The smallest absolute Gasteiger partial charge is 0.345 e. The van der Waals surface area contributed by atoms with Gasteiger partial charge in [0.05, 0.1) is 23.9 Å². The quantitative estimate of drug-likeness (QED) is 0.252. The third-order valence-corrected chi connectivity index (χ3v) is 4.52. The summed E-state index contributed by atoms with van der Waals surface area (Å²) in [6.45, 7) is 0. The molecule has 6 nitrogen and oxygen atoms in total. The highest BCUT2D eigenvalue weighted by Gasteiger charge is 2.15. The average Bonchev–Trinajstić information content (AvgIpc) is 2.74. The lowest BCUT2D eigenvalue weighted by atomic mass is 10.2. The zero-order valence-electron chi connectivity index (χ0n) is 15.8. The summed E-state index contributed by atoms with van der Waals surface area (Å²) in [6, 6.07) is 17.9. The molecule has 30 heavy (non-hydrogen) atoms. The third-order valence-electron chi connectivity index (χ3n) is 3.95. The van der Waals surface area contributed by atoms with E-state index in [9.17, 15) is 9.59 Å². The zero-order valence-corrected chi connectivity index (χ0v) is 17.3. The van der Waals surface area contributed by atoms with Gasteiger partial charge < -0.3 is 9.47 Å². The summed E-state index contributed by atoms with van der Waals surface area (Å²) in [5.74, 6) is -0.455. The lowest BCUT2D eigenvalue weighted by Gasteiger charge is -2.10. The van der Waals surface area contributed by atoms with Crippen molar-refractivity contribution in [3.05, 3.63) is 93.5 Å². The molecule has 3 rings (SSSR count). The van der Waals surface area contributed by atoms with Gasteiger partial charge in [-0.05, 0) is 54.1 Å². The molecule has 0 aromatic heterocycles. The van der Waals surface area contributed by atoms with Gasteiger partial charge in [-0.2, -0.15) is 5.10 Å². The molecule has 0 saturated carbocycles. The number of carbonyl (C=O) groups excluding carboxylic acids is 2. The summed E-state index contributed by atoms with van der Waals surface area (Å²) in [4.78, 5) is 24.4. The van der Waals surface area contributed by atoms with E-state index in [2.05, 4.69) is 10.5 Å². The number of rotatable bonds is 6. The molecule has 0 saturated heterocycles. The van der Waals surface area contributed by atoms with Crippen molar-refractivity contribution in [1.82, 2.24) is 5.43 Å². The van der Waals surface area contributed by atoms with Gasteiger partial charge in [0.15, 0.2) is 11.5 Å². The van der Waals surface area contributed by atoms with E-state index in [1.807, 2.05) is 0 Å². The topological polar surface area (TPSA) is 77.0 Å². The first-order valence-electron chi connectivity index (χ1n) is 8.71. The molecular weight excluding hydrogens is 427 g/mol. The van der Waals surface area contributed by atoms with Gasteiger partial charge in [-0.25, -0.2) is 10.2 Å². The van der Waals surface area contributed by atoms with Crippen LogP contribution < -0.4 is 14.9 Å². The summed E-state index contributed by atoms with van der Waals surface area (Å²) < 4.78 is 10.7. The van der Waals surface area contributed by atoms with Crippen LogP contribution in [-0.2, 0) is 0 Å². The maximum Gasteiger partial charge on any atom is 0.345 e. The first-order chi connectivity index (χ1) is 14.5. The number of hydrogen-bond donors (Lipinski definition) is 1. The molecule has 0 aliphatic rings. The maximum absolute atomic E-state index is 12.3. The van der Waals surface area contributed by atoms with Crippen LogP contribution in [0.5, 0.6) is 11.5 Å². The van der Waals surface area contributed by atoms with E-state index in [4.69, 9.17) is 32.7 Å². The molecular formula is C22H16Cl2N2O4. The van der Waals surface area contributed by atoms with Crippen LogP contribution in [0.3, 0.4) is 0 Å². The van der Waals surface area contributed by atoms with Crippen LogP contribution in [-0.4, -0.2) is 25.2 Å². The molecule has 0 heterocycles. The predicted molar refractivity (Wildman–Crippen MR) is 116 cm³/mol. The van der Waals surface area contributed by atoms with Crippen molar-refractivity contribution in [3.63, 3.8) is 0 Å². The van der Waals surface area contributed by atoms with E-state index in [0.717, 1.165) is 0 Å². The Morgan fingerprint density at radius 3 is 2.50 bits per heavy atom. The van der Waals surface area contributed by atoms with E-state index < -0.39 is 11.9 Å². The largest absolute Gasteiger partial charge is 0.493 e. The Hall–Kier alpha value is -3.35.